The number of rotatable bonds is 2. The molecule has 1 fully saturated rings. The molecular weight excluding hydrogens is 298 g/mol. The van der Waals surface area contributed by atoms with Crippen molar-refractivity contribution in [2.45, 2.75) is 30.0 Å². The lowest BCUT2D eigenvalue weighted by atomic mass is 10.3. The average Bonchev–Trinajstić information content (AvgIpc) is 2.74. The van der Waals surface area contributed by atoms with Gasteiger partial charge < -0.3 is 0 Å². The summed E-state index contributed by atoms with van der Waals surface area (Å²) in [6.07, 6.45) is 1.93. The molecule has 84 valence electrons. The van der Waals surface area contributed by atoms with E-state index in [-0.39, 0.29) is 6.04 Å². The Morgan fingerprint density at radius 2 is 2.27 bits per heavy atom. The van der Waals surface area contributed by atoms with Crippen molar-refractivity contribution in [1.82, 2.24) is 4.31 Å². The van der Waals surface area contributed by atoms with Gasteiger partial charge in [-0.25, -0.2) is 8.42 Å². The molecule has 6 heteroatoms. The maximum absolute atomic E-state index is 12.2. The summed E-state index contributed by atoms with van der Waals surface area (Å²) >= 11 is 4.55. The van der Waals surface area contributed by atoms with Gasteiger partial charge in [-0.15, -0.1) is 11.3 Å². The Morgan fingerprint density at radius 1 is 1.53 bits per heavy atom. The lowest BCUT2D eigenvalue weighted by molar-refractivity contribution is 0.409. The van der Waals surface area contributed by atoms with Crippen molar-refractivity contribution < 1.29 is 8.42 Å². The van der Waals surface area contributed by atoms with E-state index >= 15 is 0 Å². The summed E-state index contributed by atoms with van der Waals surface area (Å²) in [5.41, 5.74) is 0. The Morgan fingerprint density at radius 3 is 2.73 bits per heavy atom. The van der Waals surface area contributed by atoms with Crippen LogP contribution in [0.25, 0.3) is 0 Å². The number of thiophene rings is 1. The molecule has 1 aromatic heterocycles. The molecule has 1 saturated heterocycles. The third-order valence-corrected chi connectivity index (χ3v) is 6.71. The van der Waals surface area contributed by atoms with Gasteiger partial charge in [0, 0.05) is 12.6 Å². The predicted molar refractivity (Wildman–Crippen MR) is 64.6 cm³/mol. The Hall–Kier alpha value is 0.0900. The highest BCUT2D eigenvalue weighted by Gasteiger charge is 2.33. The molecule has 1 atom stereocenters. The Kier molecular flexibility index (Phi) is 3.21. The Balaban J connectivity index is 2.34. The maximum atomic E-state index is 12.2. The molecule has 0 radical (unpaired) electrons. The number of hydrogen-bond acceptors (Lipinski definition) is 3. The first-order chi connectivity index (χ1) is 7.01. The molecule has 3 nitrogen and oxygen atoms in total. The molecule has 2 rings (SSSR count). The molecule has 15 heavy (non-hydrogen) atoms. The fourth-order valence-electron chi connectivity index (χ4n) is 1.82. The minimum atomic E-state index is -3.25. The van der Waals surface area contributed by atoms with Gasteiger partial charge in [0.2, 0.25) is 0 Å². The summed E-state index contributed by atoms with van der Waals surface area (Å²) in [6, 6.07) is 3.57. The van der Waals surface area contributed by atoms with Crippen LogP contribution in [0.15, 0.2) is 20.1 Å². The van der Waals surface area contributed by atoms with E-state index in [2.05, 4.69) is 15.9 Å². The van der Waals surface area contributed by atoms with Crippen molar-refractivity contribution >= 4 is 37.3 Å². The molecule has 2 heterocycles. The zero-order valence-corrected chi connectivity index (χ0v) is 11.5. The number of halogens is 1. The first kappa shape index (κ1) is 11.6. The third-order valence-electron chi connectivity index (χ3n) is 2.60. The fraction of sp³-hybridized carbons (Fsp3) is 0.556. The van der Waals surface area contributed by atoms with Crippen LogP contribution in [0.2, 0.25) is 0 Å². The quantitative estimate of drug-likeness (QED) is 0.842. The molecule has 0 amide bonds. The van der Waals surface area contributed by atoms with E-state index in [0.717, 1.165) is 16.6 Å². The van der Waals surface area contributed by atoms with Gasteiger partial charge in [-0.1, -0.05) is 0 Å². The van der Waals surface area contributed by atoms with Crippen LogP contribution in [0.1, 0.15) is 19.8 Å². The summed E-state index contributed by atoms with van der Waals surface area (Å²) in [4.78, 5) is 0. The third kappa shape index (κ3) is 2.13. The topological polar surface area (TPSA) is 37.4 Å². The zero-order chi connectivity index (χ0) is 11.1. The van der Waals surface area contributed by atoms with Gasteiger partial charge in [0.1, 0.15) is 4.21 Å². The molecule has 0 aromatic carbocycles. The lowest BCUT2D eigenvalue weighted by Gasteiger charge is -2.19. The highest BCUT2D eigenvalue weighted by molar-refractivity contribution is 9.11. The van der Waals surface area contributed by atoms with Crippen LogP contribution in [0.5, 0.6) is 0 Å². The summed E-state index contributed by atoms with van der Waals surface area (Å²) in [5.74, 6) is 0. The summed E-state index contributed by atoms with van der Waals surface area (Å²) < 4.78 is 27.2. The van der Waals surface area contributed by atoms with Gasteiger partial charge in [0.25, 0.3) is 10.0 Å². The first-order valence-corrected chi connectivity index (χ1v) is 7.84. The highest BCUT2D eigenvalue weighted by atomic mass is 79.9. The van der Waals surface area contributed by atoms with E-state index in [1.54, 1.807) is 16.4 Å². The maximum Gasteiger partial charge on any atom is 0.252 e. The SMILES string of the molecule is CC1CCCN1S(=O)(=O)c1ccc(Br)s1. The molecule has 1 unspecified atom stereocenters. The van der Waals surface area contributed by atoms with Crippen molar-refractivity contribution in [1.29, 1.82) is 0 Å². The van der Waals surface area contributed by atoms with Crippen LogP contribution in [0.3, 0.4) is 0 Å². The first-order valence-electron chi connectivity index (χ1n) is 4.79. The van der Waals surface area contributed by atoms with Crippen molar-refractivity contribution in [2.75, 3.05) is 6.54 Å². The van der Waals surface area contributed by atoms with E-state index in [1.807, 2.05) is 6.92 Å². The summed E-state index contributed by atoms with van der Waals surface area (Å²) in [5, 5.41) is 0. The van der Waals surface area contributed by atoms with E-state index in [0.29, 0.717) is 10.8 Å². The largest absolute Gasteiger partial charge is 0.252 e. The van der Waals surface area contributed by atoms with E-state index in [9.17, 15) is 8.42 Å². The second-order valence-corrected chi connectivity index (χ2v) is 8.25. The number of sulfonamides is 1. The highest BCUT2D eigenvalue weighted by Crippen LogP contribution is 2.31. The van der Waals surface area contributed by atoms with Gasteiger partial charge in [-0.3, -0.25) is 0 Å². The van der Waals surface area contributed by atoms with Crippen LogP contribution < -0.4 is 0 Å². The zero-order valence-electron chi connectivity index (χ0n) is 8.31. The van der Waals surface area contributed by atoms with Gasteiger partial charge in [0.05, 0.1) is 3.79 Å². The van der Waals surface area contributed by atoms with E-state index < -0.39 is 10.0 Å². The lowest BCUT2D eigenvalue weighted by Crippen LogP contribution is -2.33. The van der Waals surface area contributed by atoms with Crippen molar-refractivity contribution in [3.8, 4) is 0 Å². The van der Waals surface area contributed by atoms with Crippen molar-refractivity contribution in [3.05, 3.63) is 15.9 Å². The predicted octanol–water partition coefficient (Wildman–Crippen LogP) is 2.68. The number of nitrogens with zero attached hydrogens (tertiary/aromatic N) is 1. The normalized spacial score (nSPS) is 23.5. The van der Waals surface area contributed by atoms with Crippen LogP contribution in [0, 0.1) is 0 Å². The molecule has 0 saturated carbocycles. The van der Waals surface area contributed by atoms with Gasteiger partial charge in [0.15, 0.2) is 0 Å². The van der Waals surface area contributed by atoms with Crippen LogP contribution in [-0.2, 0) is 10.0 Å². The van der Waals surface area contributed by atoms with Crippen LogP contribution in [-0.4, -0.2) is 25.3 Å². The molecule has 0 spiro atoms. The Bertz CT molecular complexity index is 454. The molecule has 0 bridgehead atoms. The van der Waals surface area contributed by atoms with Gasteiger partial charge >= 0.3 is 0 Å². The molecule has 1 aliphatic rings. The average molecular weight is 310 g/mol. The van der Waals surface area contributed by atoms with Gasteiger partial charge in [-0.2, -0.15) is 4.31 Å². The summed E-state index contributed by atoms with van der Waals surface area (Å²) in [7, 11) is -3.25. The smallest absolute Gasteiger partial charge is 0.206 e. The van der Waals surface area contributed by atoms with E-state index in [1.165, 1.54) is 11.3 Å². The standard InChI is InChI=1S/C9H12BrNO2S2/c1-7-3-2-6-11(7)15(12,13)9-5-4-8(10)14-9/h4-5,7H,2-3,6H2,1H3. The monoisotopic (exact) mass is 309 g/mol. The van der Waals surface area contributed by atoms with Crippen LogP contribution >= 0.6 is 27.3 Å². The molecule has 0 N–H and O–H groups in total. The Labute approximate surface area is 102 Å². The summed E-state index contributed by atoms with van der Waals surface area (Å²) in [6.45, 7) is 2.62. The fourth-order valence-corrected chi connectivity index (χ4v) is 5.65. The minimum absolute atomic E-state index is 0.135. The number of hydrogen-bond donors (Lipinski definition) is 0. The van der Waals surface area contributed by atoms with Crippen molar-refractivity contribution in [2.24, 2.45) is 0 Å². The molecule has 0 aliphatic carbocycles. The van der Waals surface area contributed by atoms with Crippen LogP contribution in [0.4, 0.5) is 0 Å². The second-order valence-electron chi connectivity index (χ2n) is 3.67. The van der Waals surface area contributed by atoms with E-state index in [4.69, 9.17) is 0 Å². The molecule has 1 aliphatic heterocycles. The minimum Gasteiger partial charge on any atom is -0.206 e. The van der Waals surface area contributed by atoms with Crippen molar-refractivity contribution in [3.63, 3.8) is 0 Å². The van der Waals surface area contributed by atoms with Gasteiger partial charge in [-0.05, 0) is 47.8 Å². The second kappa shape index (κ2) is 4.16. The molecule has 1 aromatic rings. The molecular formula is C9H12BrNO2S2.